The molecule has 0 aliphatic carbocycles. The van der Waals surface area contributed by atoms with Crippen LogP contribution in [0.25, 0.3) is 0 Å². The lowest BCUT2D eigenvalue weighted by Crippen LogP contribution is -2.33. The number of aromatic nitrogens is 1. The molecule has 3 N–H and O–H groups in total. The van der Waals surface area contributed by atoms with E-state index in [9.17, 15) is 0 Å². The van der Waals surface area contributed by atoms with Gasteiger partial charge in [0.15, 0.2) is 0 Å². The number of thioether (sulfide) groups is 1. The second-order valence-electron chi connectivity index (χ2n) is 4.94. The van der Waals surface area contributed by atoms with Crippen molar-refractivity contribution in [3.63, 3.8) is 0 Å². The number of likely N-dealkylation sites (N-methyl/N-ethyl adjacent to an activating group) is 1. The molecular weight excluding hydrogens is 242 g/mol. The third-order valence-electron chi connectivity index (χ3n) is 2.66. The van der Waals surface area contributed by atoms with Crippen LogP contribution >= 0.6 is 11.8 Å². The van der Waals surface area contributed by atoms with Crippen LogP contribution in [0.5, 0.6) is 0 Å². The maximum Gasteiger partial charge on any atom is 0.126 e. The Bertz CT molecular complexity index is 342. The zero-order valence-electron chi connectivity index (χ0n) is 11.6. The minimum absolute atomic E-state index is 0.477. The monoisotopic (exact) mass is 267 g/mol. The molecule has 1 atom stereocenters. The van der Waals surface area contributed by atoms with Crippen molar-refractivity contribution < 1.29 is 0 Å². The molecule has 0 radical (unpaired) electrons. The molecule has 0 fully saturated rings. The summed E-state index contributed by atoms with van der Waals surface area (Å²) in [7, 11) is 0. The molecule has 1 aromatic rings. The summed E-state index contributed by atoms with van der Waals surface area (Å²) < 4.78 is 0. The molecule has 0 aromatic carbocycles. The predicted molar refractivity (Wildman–Crippen MR) is 82.0 cm³/mol. The molecule has 18 heavy (non-hydrogen) atoms. The van der Waals surface area contributed by atoms with Crippen molar-refractivity contribution in [1.82, 2.24) is 10.3 Å². The minimum atomic E-state index is 0.477. The molecule has 1 unspecified atom stereocenters. The van der Waals surface area contributed by atoms with Crippen molar-refractivity contribution >= 4 is 17.6 Å². The van der Waals surface area contributed by atoms with Gasteiger partial charge in [-0.15, -0.1) is 0 Å². The van der Waals surface area contributed by atoms with Crippen LogP contribution in [0.4, 0.5) is 5.82 Å². The van der Waals surface area contributed by atoms with Gasteiger partial charge >= 0.3 is 0 Å². The summed E-state index contributed by atoms with van der Waals surface area (Å²) >= 11 is 2.01. The first kappa shape index (κ1) is 15.3. The van der Waals surface area contributed by atoms with E-state index < -0.39 is 0 Å². The van der Waals surface area contributed by atoms with Crippen molar-refractivity contribution in [2.75, 3.05) is 23.8 Å². The second kappa shape index (κ2) is 8.38. The predicted octanol–water partition coefficient (Wildman–Crippen LogP) is 2.57. The van der Waals surface area contributed by atoms with Gasteiger partial charge in [0, 0.05) is 18.0 Å². The summed E-state index contributed by atoms with van der Waals surface area (Å²) in [6.07, 6.45) is 2.70. The molecule has 4 heteroatoms. The van der Waals surface area contributed by atoms with Gasteiger partial charge in [-0.2, -0.15) is 11.8 Å². The largest absolute Gasteiger partial charge is 0.383 e. The molecule has 0 amide bonds. The lowest BCUT2D eigenvalue weighted by Gasteiger charge is -2.18. The van der Waals surface area contributed by atoms with E-state index >= 15 is 0 Å². The molecule has 1 rings (SSSR count). The van der Waals surface area contributed by atoms with Crippen LogP contribution in [0.15, 0.2) is 18.3 Å². The van der Waals surface area contributed by atoms with E-state index in [4.69, 9.17) is 5.73 Å². The topological polar surface area (TPSA) is 50.9 Å². The van der Waals surface area contributed by atoms with E-state index in [-0.39, 0.29) is 0 Å². The number of hydrogen-bond acceptors (Lipinski definition) is 4. The van der Waals surface area contributed by atoms with E-state index in [0.717, 1.165) is 30.2 Å². The Balaban J connectivity index is 2.49. The molecule has 3 nitrogen and oxygen atoms in total. The van der Waals surface area contributed by atoms with Gasteiger partial charge in [0.25, 0.3) is 0 Å². The molecule has 0 aliphatic heterocycles. The first-order valence-electron chi connectivity index (χ1n) is 6.64. The van der Waals surface area contributed by atoms with Crippen molar-refractivity contribution in [1.29, 1.82) is 0 Å². The molecule has 0 bridgehead atoms. The number of anilines is 1. The number of nitrogens with one attached hydrogen (secondary N) is 1. The molecule has 102 valence electrons. The first-order valence-corrected chi connectivity index (χ1v) is 7.79. The highest BCUT2D eigenvalue weighted by Gasteiger charge is 2.11. The fourth-order valence-electron chi connectivity index (χ4n) is 1.81. The van der Waals surface area contributed by atoms with Crippen LogP contribution in [0.3, 0.4) is 0 Å². The smallest absolute Gasteiger partial charge is 0.126 e. The van der Waals surface area contributed by atoms with E-state index in [0.29, 0.717) is 11.9 Å². The molecular formula is C14H25N3S. The van der Waals surface area contributed by atoms with Crippen LogP contribution in [-0.2, 0) is 6.42 Å². The van der Waals surface area contributed by atoms with Crippen LogP contribution in [0, 0.1) is 5.92 Å². The van der Waals surface area contributed by atoms with Gasteiger partial charge in [-0.25, -0.2) is 4.98 Å². The fraction of sp³-hybridized carbons (Fsp3) is 0.643. The molecule has 0 aliphatic rings. The van der Waals surface area contributed by atoms with Crippen molar-refractivity contribution in [2.45, 2.75) is 33.2 Å². The summed E-state index contributed by atoms with van der Waals surface area (Å²) in [6.45, 7) is 7.66. The zero-order valence-corrected chi connectivity index (χ0v) is 12.5. The third-order valence-corrected chi connectivity index (χ3v) is 4.20. The number of hydrogen-bond donors (Lipinski definition) is 2. The van der Waals surface area contributed by atoms with Crippen molar-refractivity contribution in [2.24, 2.45) is 5.92 Å². The van der Waals surface area contributed by atoms with Gasteiger partial charge in [0.1, 0.15) is 5.82 Å². The maximum atomic E-state index is 5.90. The Labute approximate surface area is 115 Å². The van der Waals surface area contributed by atoms with E-state index in [1.165, 1.54) is 5.75 Å². The number of nitrogens with two attached hydrogens (primary N) is 1. The Kier molecular flexibility index (Phi) is 7.13. The van der Waals surface area contributed by atoms with E-state index in [2.05, 4.69) is 37.1 Å². The highest BCUT2D eigenvalue weighted by molar-refractivity contribution is 7.99. The lowest BCUT2D eigenvalue weighted by molar-refractivity contribution is 0.572. The average molecular weight is 267 g/mol. The number of rotatable bonds is 8. The third kappa shape index (κ3) is 5.74. The molecule has 0 saturated carbocycles. The number of nitrogens with zero attached hydrogens (tertiary/aromatic N) is 1. The van der Waals surface area contributed by atoms with Gasteiger partial charge in [-0.3, -0.25) is 0 Å². The fourth-order valence-corrected chi connectivity index (χ4v) is 2.94. The standard InChI is InChI=1S/C14H25N3S/c1-4-16-13(10-18-9-11(2)3)8-12-6-5-7-17-14(12)15/h5-7,11,13,16H,4,8-10H2,1-3H3,(H2,15,17). The van der Waals surface area contributed by atoms with Crippen molar-refractivity contribution in [3.8, 4) is 0 Å². The molecule has 1 heterocycles. The Morgan fingerprint density at radius 1 is 1.39 bits per heavy atom. The normalized spacial score (nSPS) is 12.9. The van der Waals surface area contributed by atoms with E-state index in [1.54, 1.807) is 6.20 Å². The van der Waals surface area contributed by atoms with Crippen LogP contribution < -0.4 is 11.1 Å². The molecule has 0 spiro atoms. The summed E-state index contributed by atoms with van der Waals surface area (Å²) in [5, 5.41) is 3.53. The van der Waals surface area contributed by atoms with Crippen LogP contribution in [0.1, 0.15) is 26.3 Å². The summed E-state index contributed by atoms with van der Waals surface area (Å²) in [4.78, 5) is 4.14. The Morgan fingerprint density at radius 3 is 2.78 bits per heavy atom. The highest BCUT2D eigenvalue weighted by Crippen LogP contribution is 2.14. The first-order chi connectivity index (χ1) is 8.63. The van der Waals surface area contributed by atoms with Gasteiger partial charge in [-0.1, -0.05) is 26.8 Å². The second-order valence-corrected chi connectivity index (χ2v) is 6.01. The maximum absolute atomic E-state index is 5.90. The summed E-state index contributed by atoms with van der Waals surface area (Å²) in [5.74, 6) is 3.75. The number of nitrogen functional groups attached to an aromatic ring is 1. The van der Waals surface area contributed by atoms with Crippen LogP contribution in [0.2, 0.25) is 0 Å². The van der Waals surface area contributed by atoms with Gasteiger partial charge in [-0.05, 0) is 36.3 Å². The Morgan fingerprint density at radius 2 is 2.17 bits per heavy atom. The highest BCUT2D eigenvalue weighted by atomic mass is 32.2. The van der Waals surface area contributed by atoms with Crippen molar-refractivity contribution in [3.05, 3.63) is 23.9 Å². The zero-order chi connectivity index (χ0) is 13.4. The SMILES string of the molecule is CCNC(CSCC(C)C)Cc1cccnc1N. The quantitative estimate of drug-likeness (QED) is 0.760. The summed E-state index contributed by atoms with van der Waals surface area (Å²) in [6, 6.07) is 4.50. The Hall–Kier alpha value is -0.740. The van der Waals surface area contributed by atoms with Crippen LogP contribution in [-0.4, -0.2) is 29.1 Å². The van der Waals surface area contributed by atoms with Gasteiger partial charge < -0.3 is 11.1 Å². The molecule has 0 saturated heterocycles. The van der Waals surface area contributed by atoms with E-state index in [1.807, 2.05) is 17.8 Å². The minimum Gasteiger partial charge on any atom is -0.383 e. The lowest BCUT2D eigenvalue weighted by atomic mass is 10.1. The van der Waals surface area contributed by atoms with Gasteiger partial charge in [0.2, 0.25) is 0 Å². The molecule has 1 aromatic heterocycles. The average Bonchev–Trinajstić information content (AvgIpc) is 2.32. The van der Waals surface area contributed by atoms with Gasteiger partial charge in [0.05, 0.1) is 0 Å². The number of pyridine rings is 1. The summed E-state index contributed by atoms with van der Waals surface area (Å²) in [5.41, 5.74) is 7.04.